The van der Waals surface area contributed by atoms with E-state index in [0.717, 1.165) is 16.9 Å². The molecule has 7 heteroatoms. The van der Waals surface area contributed by atoms with Crippen LogP contribution in [0.2, 0.25) is 5.02 Å². The van der Waals surface area contributed by atoms with Crippen molar-refractivity contribution in [3.63, 3.8) is 0 Å². The lowest BCUT2D eigenvalue weighted by molar-refractivity contribution is -0.115. The van der Waals surface area contributed by atoms with Crippen molar-refractivity contribution in [2.24, 2.45) is 0 Å². The Labute approximate surface area is 184 Å². The Kier molecular flexibility index (Phi) is 6.16. The highest BCUT2D eigenvalue weighted by Gasteiger charge is 2.18. The van der Waals surface area contributed by atoms with Crippen molar-refractivity contribution in [2.75, 3.05) is 17.7 Å². The van der Waals surface area contributed by atoms with Gasteiger partial charge in [0.15, 0.2) is 11.0 Å². The predicted octanol–water partition coefficient (Wildman–Crippen LogP) is 5.34. The number of carbonyl (C=O) groups excluding carboxylic acids is 1. The molecule has 0 bridgehead atoms. The van der Waals surface area contributed by atoms with Crippen molar-refractivity contribution in [1.29, 1.82) is 0 Å². The number of nitrogens with zero attached hydrogens (tertiary/aromatic N) is 4. The summed E-state index contributed by atoms with van der Waals surface area (Å²) in [5.41, 5.74) is 2.68. The first-order valence-electron chi connectivity index (χ1n) is 9.34. The van der Waals surface area contributed by atoms with E-state index in [1.807, 2.05) is 89.5 Å². The third-order valence-corrected chi connectivity index (χ3v) is 5.76. The number of rotatable bonds is 6. The molecule has 0 aliphatic heterocycles. The average molecular weight is 435 g/mol. The number of carbonyl (C=O) groups is 1. The molecule has 0 aliphatic carbocycles. The minimum absolute atomic E-state index is 0.0156. The first-order chi connectivity index (χ1) is 14.6. The zero-order valence-electron chi connectivity index (χ0n) is 16.3. The minimum atomic E-state index is -0.0156. The maximum Gasteiger partial charge on any atom is 0.237 e. The van der Waals surface area contributed by atoms with E-state index in [1.165, 1.54) is 11.8 Å². The van der Waals surface area contributed by atoms with Crippen LogP contribution in [0.1, 0.15) is 0 Å². The Morgan fingerprint density at radius 2 is 1.57 bits per heavy atom. The molecule has 0 unspecified atom stereocenters. The first-order valence-corrected chi connectivity index (χ1v) is 10.7. The van der Waals surface area contributed by atoms with Crippen LogP contribution in [-0.2, 0) is 4.79 Å². The van der Waals surface area contributed by atoms with Crippen LogP contribution in [-0.4, -0.2) is 33.5 Å². The molecular weight excluding hydrogens is 416 g/mol. The van der Waals surface area contributed by atoms with Crippen LogP contribution in [0.25, 0.3) is 17.1 Å². The fourth-order valence-corrected chi connectivity index (χ4v) is 3.97. The van der Waals surface area contributed by atoms with Gasteiger partial charge in [-0.2, -0.15) is 0 Å². The molecule has 0 aliphatic rings. The maximum absolute atomic E-state index is 12.7. The summed E-state index contributed by atoms with van der Waals surface area (Å²) in [7, 11) is 1.78. The van der Waals surface area contributed by atoms with Crippen LogP contribution in [0.15, 0.2) is 90.1 Å². The number of para-hydroxylation sites is 1. The zero-order chi connectivity index (χ0) is 20.9. The number of benzene rings is 3. The molecule has 4 rings (SSSR count). The lowest BCUT2D eigenvalue weighted by Crippen LogP contribution is -2.27. The standard InChI is InChI=1S/C23H19ClN4OS/c1-27(19-10-6-3-7-11-19)21(29)16-30-23-26-25-22(17-8-4-2-5-9-17)28(23)20-14-12-18(24)13-15-20/h2-15H,16H2,1H3. The van der Waals surface area contributed by atoms with Gasteiger partial charge in [-0.1, -0.05) is 71.9 Å². The second-order valence-corrected chi connectivity index (χ2v) is 7.94. The summed E-state index contributed by atoms with van der Waals surface area (Å²) in [4.78, 5) is 14.4. The van der Waals surface area contributed by atoms with Gasteiger partial charge in [-0.3, -0.25) is 9.36 Å². The first kappa shape index (κ1) is 20.2. The third kappa shape index (κ3) is 4.40. The lowest BCUT2D eigenvalue weighted by Gasteiger charge is -2.17. The van der Waals surface area contributed by atoms with Crippen LogP contribution in [0.3, 0.4) is 0 Å². The second-order valence-electron chi connectivity index (χ2n) is 6.56. The van der Waals surface area contributed by atoms with Gasteiger partial charge in [0.2, 0.25) is 5.91 Å². The highest BCUT2D eigenvalue weighted by Crippen LogP contribution is 2.29. The molecule has 0 spiro atoms. The normalized spacial score (nSPS) is 10.7. The Morgan fingerprint density at radius 1 is 0.933 bits per heavy atom. The van der Waals surface area contributed by atoms with Gasteiger partial charge >= 0.3 is 0 Å². The largest absolute Gasteiger partial charge is 0.315 e. The zero-order valence-corrected chi connectivity index (χ0v) is 17.8. The van der Waals surface area contributed by atoms with E-state index < -0.39 is 0 Å². The van der Waals surface area contributed by atoms with Gasteiger partial charge in [0, 0.05) is 29.0 Å². The smallest absolute Gasteiger partial charge is 0.237 e. The van der Waals surface area contributed by atoms with Gasteiger partial charge in [0.05, 0.1) is 5.75 Å². The Bertz CT molecular complexity index is 1130. The molecule has 150 valence electrons. The van der Waals surface area contributed by atoms with E-state index in [1.54, 1.807) is 11.9 Å². The summed E-state index contributed by atoms with van der Waals surface area (Å²) in [6.07, 6.45) is 0. The maximum atomic E-state index is 12.7. The summed E-state index contributed by atoms with van der Waals surface area (Å²) in [5.74, 6) is 0.939. The Balaban J connectivity index is 1.62. The molecule has 0 atom stereocenters. The molecule has 30 heavy (non-hydrogen) atoms. The number of hydrogen-bond donors (Lipinski definition) is 0. The predicted molar refractivity (Wildman–Crippen MR) is 122 cm³/mol. The van der Waals surface area contributed by atoms with Crippen molar-refractivity contribution in [3.05, 3.63) is 90.0 Å². The molecule has 0 saturated heterocycles. The number of thioether (sulfide) groups is 1. The molecule has 0 fully saturated rings. The number of anilines is 1. The van der Waals surface area contributed by atoms with Crippen LogP contribution in [0.4, 0.5) is 5.69 Å². The molecular formula is C23H19ClN4OS. The average Bonchev–Trinajstić information content (AvgIpc) is 3.22. The summed E-state index contributed by atoms with van der Waals surface area (Å²) in [5, 5.41) is 10.1. The molecule has 0 N–H and O–H groups in total. The second kappa shape index (κ2) is 9.15. The summed E-state index contributed by atoms with van der Waals surface area (Å²) < 4.78 is 1.95. The molecule has 4 aromatic rings. The lowest BCUT2D eigenvalue weighted by atomic mass is 10.2. The molecule has 0 radical (unpaired) electrons. The number of aromatic nitrogens is 3. The molecule has 1 heterocycles. The minimum Gasteiger partial charge on any atom is -0.315 e. The quantitative estimate of drug-likeness (QED) is 0.384. The van der Waals surface area contributed by atoms with E-state index in [0.29, 0.717) is 16.0 Å². The van der Waals surface area contributed by atoms with Gasteiger partial charge in [0.25, 0.3) is 0 Å². The highest BCUT2D eigenvalue weighted by molar-refractivity contribution is 7.99. The van der Waals surface area contributed by atoms with Gasteiger partial charge in [-0.05, 0) is 36.4 Å². The van der Waals surface area contributed by atoms with E-state index in [2.05, 4.69) is 10.2 Å². The van der Waals surface area contributed by atoms with E-state index in [9.17, 15) is 4.79 Å². The highest BCUT2D eigenvalue weighted by atomic mass is 35.5. The number of hydrogen-bond acceptors (Lipinski definition) is 4. The Hall–Kier alpha value is -3.09. The van der Waals surface area contributed by atoms with Crippen molar-refractivity contribution in [3.8, 4) is 17.1 Å². The molecule has 1 amide bonds. The van der Waals surface area contributed by atoms with Crippen LogP contribution in [0.5, 0.6) is 0 Å². The third-order valence-electron chi connectivity index (χ3n) is 4.59. The van der Waals surface area contributed by atoms with Gasteiger partial charge in [-0.15, -0.1) is 10.2 Å². The summed E-state index contributed by atoms with van der Waals surface area (Å²) in [6.45, 7) is 0. The monoisotopic (exact) mass is 434 g/mol. The summed E-state index contributed by atoms with van der Waals surface area (Å²) in [6, 6.07) is 26.9. The number of amides is 1. The molecule has 0 saturated carbocycles. The van der Waals surface area contributed by atoms with Gasteiger partial charge < -0.3 is 4.90 Å². The van der Waals surface area contributed by atoms with Crippen LogP contribution in [0, 0.1) is 0 Å². The van der Waals surface area contributed by atoms with Crippen LogP contribution < -0.4 is 4.90 Å². The van der Waals surface area contributed by atoms with Crippen LogP contribution >= 0.6 is 23.4 Å². The van der Waals surface area contributed by atoms with E-state index >= 15 is 0 Å². The topological polar surface area (TPSA) is 51.0 Å². The van der Waals surface area contributed by atoms with E-state index in [-0.39, 0.29) is 11.7 Å². The summed E-state index contributed by atoms with van der Waals surface area (Å²) >= 11 is 7.43. The fraction of sp³-hybridized carbons (Fsp3) is 0.0870. The fourth-order valence-electron chi connectivity index (χ4n) is 2.98. The van der Waals surface area contributed by atoms with Crippen molar-refractivity contribution < 1.29 is 4.79 Å². The Morgan fingerprint density at radius 3 is 2.23 bits per heavy atom. The van der Waals surface area contributed by atoms with Crippen molar-refractivity contribution in [2.45, 2.75) is 5.16 Å². The van der Waals surface area contributed by atoms with E-state index in [4.69, 9.17) is 11.6 Å². The molecule has 3 aromatic carbocycles. The molecule has 1 aromatic heterocycles. The molecule has 5 nitrogen and oxygen atoms in total. The number of halogens is 1. The van der Waals surface area contributed by atoms with Crippen molar-refractivity contribution in [1.82, 2.24) is 14.8 Å². The van der Waals surface area contributed by atoms with Crippen molar-refractivity contribution >= 4 is 35.0 Å². The van der Waals surface area contributed by atoms with Gasteiger partial charge in [0.1, 0.15) is 0 Å². The SMILES string of the molecule is CN(C(=O)CSc1nnc(-c2ccccc2)n1-c1ccc(Cl)cc1)c1ccccc1. The van der Waals surface area contributed by atoms with Gasteiger partial charge in [-0.25, -0.2) is 0 Å².